The van der Waals surface area contributed by atoms with E-state index < -0.39 is 10.0 Å². The van der Waals surface area contributed by atoms with Gasteiger partial charge in [-0.15, -0.1) is 0 Å². The highest BCUT2D eigenvalue weighted by Gasteiger charge is 2.17. The molecule has 0 aliphatic heterocycles. The zero-order chi connectivity index (χ0) is 14.9. The molecule has 0 amide bonds. The standard InChI is InChI=1S/C15H18N2O2S/c1-10-6-11(2)8-14(7-10)17-20(18,19)15-5-4-13(16)9-12(15)3/h4-9,17H,16H2,1-3H3. The normalized spacial score (nSPS) is 11.3. The fourth-order valence-corrected chi connectivity index (χ4v) is 3.49. The highest BCUT2D eigenvalue weighted by molar-refractivity contribution is 7.92. The van der Waals surface area contributed by atoms with E-state index in [4.69, 9.17) is 5.73 Å². The molecule has 2 rings (SSSR count). The summed E-state index contributed by atoms with van der Waals surface area (Å²) in [5.74, 6) is 0. The van der Waals surface area contributed by atoms with E-state index in [2.05, 4.69) is 4.72 Å². The van der Waals surface area contributed by atoms with Crippen LogP contribution in [0.5, 0.6) is 0 Å². The molecule has 106 valence electrons. The van der Waals surface area contributed by atoms with Gasteiger partial charge in [0.15, 0.2) is 0 Å². The number of rotatable bonds is 3. The first-order chi connectivity index (χ1) is 9.28. The zero-order valence-electron chi connectivity index (χ0n) is 11.8. The number of hydrogen-bond donors (Lipinski definition) is 2. The fraction of sp³-hybridized carbons (Fsp3) is 0.200. The van der Waals surface area contributed by atoms with Crippen molar-refractivity contribution in [1.29, 1.82) is 0 Å². The monoisotopic (exact) mass is 290 g/mol. The molecule has 5 heteroatoms. The Morgan fingerprint density at radius 2 is 1.55 bits per heavy atom. The lowest BCUT2D eigenvalue weighted by Crippen LogP contribution is -2.14. The van der Waals surface area contributed by atoms with Gasteiger partial charge in [-0.05, 0) is 67.8 Å². The summed E-state index contributed by atoms with van der Waals surface area (Å²) in [4.78, 5) is 0.242. The smallest absolute Gasteiger partial charge is 0.262 e. The van der Waals surface area contributed by atoms with Crippen LogP contribution in [0.4, 0.5) is 11.4 Å². The number of nitrogen functional groups attached to an aromatic ring is 1. The van der Waals surface area contributed by atoms with E-state index >= 15 is 0 Å². The summed E-state index contributed by atoms with van der Waals surface area (Å²) in [6.45, 7) is 5.59. The topological polar surface area (TPSA) is 72.2 Å². The summed E-state index contributed by atoms with van der Waals surface area (Å²) in [5.41, 5.74) is 9.41. The number of sulfonamides is 1. The van der Waals surface area contributed by atoms with Crippen LogP contribution in [0.1, 0.15) is 16.7 Å². The molecule has 20 heavy (non-hydrogen) atoms. The van der Waals surface area contributed by atoms with Gasteiger partial charge in [0.25, 0.3) is 10.0 Å². The third-order valence-corrected chi connectivity index (χ3v) is 4.50. The molecule has 0 spiro atoms. The third kappa shape index (κ3) is 3.11. The largest absolute Gasteiger partial charge is 0.399 e. The number of benzene rings is 2. The van der Waals surface area contributed by atoms with Crippen molar-refractivity contribution in [3.63, 3.8) is 0 Å². The van der Waals surface area contributed by atoms with Crippen LogP contribution >= 0.6 is 0 Å². The molecule has 3 N–H and O–H groups in total. The van der Waals surface area contributed by atoms with Crippen LogP contribution in [-0.2, 0) is 10.0 Å². The Morgan fingerprint density at radius 1 is 0.950 bits per heavy atom. The molecule has 4 nitrogen and oxygen atoms in total. The van der Waals surface area contributed by atoms with Crippen molar-refractivity contribution in [2.75, 3.05) is 10.5 Å². The number of nitrogens with one attached hydrogen (secondary N) is 1. The lowest BCUT2D eigenvalue weighted by molar-refractivity contribution is 0.600. The molecule has 0 fully saturated rings. The van der Waals surface area contributed by atoms with Crippen molar-refractivity contribution in [3.8, 4) is 0 Å². The molecule has 0 aromatic heterocycles. The van der Waals surface area contributed by atoms with Gasteiger partial charge in [0.1, 0.15) is 0 Å². The molecule has 0 unspecified atom stereocenters. The average Bonchev–Trinajstić information content (AvgIpc) is 2.25. The molecule has 0 radical (unpaired) electrons. The van der Waals surface area contributed by atoms with Crippen LogP contribution in [-0.4, -0.2) is 8.42 Å². The molecule has 0 atom stereocenters. The van der Waals surface area contributed by atoms with Crippen LogP contribution < -0.4 is 10.5 Å². The highest BCUT2D eigenvalue weighted by Crippen LogP contribution is 2.22. The maximum Gasteiger partial charge on any atom is 0.262 e. The second kappa shape index (κ2) is 5.17. The fourth-order valence-electron chi connectivity index (χ4n) is 2.22. The zero-order valence-corrected chi connectivity index (χ0v) is 12.6. The lowest BCUT2D eigenvalue weighted by atomic mass is 10.1. The van der Waals surface area contributed by atoms with Gasteiger partial charge in [-0.25, -0.2) is 8.42 Å². The number of aryl methyl sites for hydroxylation is 3. The minimum Gasteiger partial charge on any atom is -0.399 e. The lowest BCUT2D eigenvalue weighted by Gasteiger charge is -2.12. The van der Waals surface area contributed by atoms with Crippen molar-refractivity contribution in [1.82, 2.24) is 0 Å². The van der Waals surface area contributed by atoms with Crippen LogP contribution in [0.15, 0.2) is 41.3 Å². The van der Waals surface area contributed by atoms with Crippen LogP contribution in [0.3, 0.4) is 0 Å². The van der Waals surface area contributed by atoms with Gasteiger partial charge in [0.05, 0.1) is 4.90 Å². The minimum absolute atomic E-state index is 0.242. The third-order valence-electron chi connectivity index (χ3n) is 2.96. The quantitative estimate of drug-likeness (QED) is 0.854. The van der Waals surface area contributed by atoms with Gasteiger partial charge in [0, 0.05) is 11.4 Å². The van der Waals surface area contributed by atoms with Gasteiger partial charge in [-0.3, -0.25) is 4.72 Å². The van der Waals surface area contributed by atoms with Gasteiger partial charge in [-0.2, -0.15) is 0 Å². The summed E-state index contributed by atoms with van der Waals surface area (Å²) in [7, 11) is -3.60. The van der Waals surface area contributed by atoms with Gasteiger partial charge in [0.2, 0.25) is 0 Å². The maximum atomic E-state index is 12.4. The van der Waals surface area contributed by atoms with Gasteiger partial charge < -0.3 is 5.73 Å². The summed E-state index contributed by atoms with van der Waals surface area (Å²) < 4.78 is 27.4. The molecule has 0 heterocycles. The van der Waals surface area contributed by atoms with Crippen molar-refractivity contribution in [3.05, 3.63) is 53.1 Å². The Kier molecular flexibility index (Phi) is 3.72. The summed E-state index contributed by atoms with van der Waals surface area (Å²) in [6.07, 6.45) is 0. The van der Waals surface area contributed by atoms with Crippen molar-refractivity contribution in [2.45, 2.75) is 25.7 Å². The van der Waals surface area contributed by atoms with E-state index in [1.807, 2.05) is 19.9 Å². The summed E-state index contributed by atoms with van der Waals surface area (Å²) >= 11 is 0. The Hall–Kier alpha value is -2.01. The Labute approximate surface area is 119 Å². The first-order valence-corrected chi connectivity index (χ1v) is 7.73. The molecular weight excluding hydrogens is 272 g/mol. The highest BCUT2D eigenvalue weighted by atomic mass is 32.2. The number of nitrogens with two attached hydrogens (primary N) is 1. The molecular formula is C15H18N2O2S. The molecule has 0 saturated carbocycles. The molecule has 0 bridgehead atoms. The second-order valence-electron chi connectivity index (χ2n) is 5.01. The number of anilines is 2. The van der Waals surface area contributed by atoms with Gasteiger partial charge in [-0.1, -0.05) is 6.07 Å². The van der Waals surface area contributed by atoms with Gasteiger partial charge >= 0.3 is 0 Å². The summed E-state index contributed by atoms with van der Waals surface area (Å²) in [6, 6.07) is 10.4. The number of hydrogen-bond acceptors (Lipinski definition) is 3. The molecule has 0 aliphatic carbocycles. The molecule has 0 aliphatic rings. The van der Waals surface area contributed by atoms with Crippen molar-refractivity contribution < 1.29 is 8.42 Å². The van der Waals surface area contributed by atoms with Crippen molar-refractivity contribution in [2.24, 2.45) is 0 Å². The molecule has 0 saturated heterocycles. The predicted octanol–water partition coefficient (Wildman–Crippen LogP) is 2.99. The summed E-state index contributed by atoms with van der Waals surface area (Å²) in [5, 5.41) is 0. The molecule has 2 aromatic carbocycles. The SMILES string of the molecule is Cc1cc(C)cc(NS(=O)(=O)c2ccc(N)cc2C)c1. The minimum atomic E-state index is -3.60. The van der Waals surface area contributed by atoms with Crippen LogP contribution in [0.25, 0.3) is 0 Å². The van der Waals surface area contributed by atoms with E-state index in [-0.39, 0.29) is 4.90 Å². The molecule has 2 aromatic rings. The van der Waals surface area contributed by atoms with E-state index in [1.54, 1.807) is 31.2 Å². The van der Waals surface area contributed by atoms with Crippen LogP contribution in [0, 0.1) is 20.8 Å². The van der Waals surface area contributed by atoms with E-state index in [0.717, 1.165) is 11.1 Å². The maximum absolute atomic E-state index is 12.4. The van der Waals surface area contributed by atoms with Crippen molar-refractivity contribution >= 4 is 21.4 Å². The Morgan fingerprint density at radius 3 is 2.10 bits per heavy atom. The first kappa shape index (κ1) is 14.4. The first-order valence-electron chi connectivity index (χ1n) is 6.25. The Bertz CT molecular complexity index is 732. The van der Waals surface area contributed by atoms with Crippen LogP contribution in [0.2, 0.25) is 0 Å². The average molecular weight is 290 g/mol. The predicted molar refractivity (Wildman–Crippen MR) is 82.3 cm³/mol. The van der Waals surface area contributed by atoms with E-state index in [1.165, 1.54) is 6.07 Å². The van der Waals surface area contributed by atoms with E-state index in [9.17, 15) is 8.42 Å². The Balaban J connectivity index is 2.40. The second-order valence-corrected chi connectivity index (χ2v) is 6.66. The van der Waals surface area contributed by atoms with E-state index in [0.29, 0.717) is 16.9 Å².